The van der Waals surface area contributed by atoms with Crippen LogP contribution in [0.5, 0.6) is 0 Å². The van der Waals surface area contributed by atoms with E-state index in [-0.39, 0.29) is 24.2 Å². The maximum Gasteiger partial charge on any atom is 0.261 e. The van der Waals surface area contributed by atoms with E-state index in [0.717, 1.165) is 44.7 Å². The molecule has 0 saturated carbocycles. The molecular weight excluding hydrogens is 417 g/mol. The number of piperazine rings is 1. The maximum atomic E-state index is 14.0. The van der Waals surface area contributed by atoms with Crippen molar-refractivity contribution in [2.75, 3.05) is 37.6 Å². The Labute approximate surface area is 193 Å². The van der Waals surface area contributed by atoms with Crippen LogP contribution in [0, 0.1) is 5.82 Å². The fraction of sp³-hybridized carbons (Fsp3) is 0.259. The van der Waals surface area contributed by atoms with Gasteiger partial charge in [0.15, 0.2) is 0 Å². The number of carbonyl (C=O) groups excluding carboxylic acids is 2. The predicted octanol–water partition coefficient (Wildman–Crippen LogP) is 3.99. The molecular formula is C27H26FN3O2. The van der Waals surface area contributed by atoms with Crippen LogP contribution in [0.4, 0.5) is 10.1 Å². The molecule has 33 heavy (non-hydrogen) atoms. The molecule has 2 aliphatic heterocycles. The van der Waals surface area contributed by atoms with Gasteiger partial charge in [0, 0.05) is 32.7 Å². The molecule has 3 aromatic carbocycles. The number of nitrogens with zero attached hydrogens (tertiary/aromatic N) is 3. The van der Waals surface area contributed by atoms with Crippen molar-refractivity contribution in [2.45, 2.75) is 13.0 Å². The number of imide groups is 1. The number of halogens is 1. The average molecular weight is 444 g/mol. The van der Waals surface area contributed by atoms with Gasteiger partial charge in [-0.2, -0.15) is 0 Å². The van der Waals surface area contributed by atoms with Gasteiger partial charge in [-0.15, -0.1) is 0 Å². The van der Waals surface area contributed by atoms with E-state index in [4.69, 9.17) is 0 Å². The van der Waals surface area contributed by atoms with Gasteiger partial charge in [-0.25, -0.2) is 4.39 Å². The van der Waals surface area contributed by atoms with Crippen molar-refractivity contribution in [3.8, 4) is 0 Å². The third kappa shape index (κ3) is 4.39. The Bertz CT molecular complexity index is 1130. The summed E-state index contributed by atoms with van der Waals surface area (Å²) < 4.78 is 14.0. The second-order valence-electron chi connectivity index (χ2n) is 8.59. The number of hydrogen-bond donors (Lipinski definition) is 0. The molecule has 168 valence electrons. The van der Waals surface area contributed by atoms with Crippen LogP contribution in [-0.2, 0) is 13.0 Å². The van der Waals surface area contributed by atoms with E-state index in [1.807, 2.05) is 24.3 Å². The van der Waals surface area contributed by atoms with Gasteiger partial charge >= 0.3 is 0 Å². The molecule has 1 fully saturated rings. The largest absolute Gasteiger partial charge is 0.367 e. The first-order valence-corrected chi connectivity index (χ1v) is 11.3. The monoisotopic (exact) mass is 443 g/mol. The molecule has 0 N–H and O–H groups in total. The van der Waals surface area contributed by atoms with Gasteiger partial charge in [-0.1, -0.05) is 48.5 Å². The predicted molar refractivity (Wildman–Crippen MR) is 126 cm³/mol. The number of fused-ring (bicyclic) bond motifs is 1. The number of hydrogen-bond acceptors (Lipinski definition) is 4. The highest BCUT2D eigenvalue weighted by Gasteiger charge is 2.34. The Kier molecular flexibility index (Phi) is 5.92. The van der Waals surface area contributed by atoms with Crippen molar-refractivity contribution < 1.29 is 14.0 Å². The van der Waals surface area contributed by atoms with Crippen molar-refractivity contribution in [1.29, 1.82) is 0 Å². The quantitative estimate of drug-likeness (QED) is 0.541. The van der Waals surface area contributed by atoms with Gasteiger partial charge in [0.1, 0.15) is 5.82 Å². The molecule has 5 nitrogen and oxygen atoms in total. The molecule has 6 heteroatoms. The van der Waals surface area contributed by atoms with Crippen molar-refractivity contribution >= 4 is 17.5 Å². The zero-order chi connectivity index (χ0) is 22.8. The molecule has 2 aliphatic rings. The minimum atomic E-state index is -0.228. The van der Waals surface area contributed by atoms with E-state index in [9.17, 15) is 14.0 Å². The first-order valence-electron chi connectivity index (χ1n) is 11.3. The first kappa shape index (κ1) is 21.3. The van der Waals surface area contributed by atoms with Crippen molar-refractivity contribution in [3.63, 3.8) is 0 Å². The number of anilines is 1. The molecule has 2 amide bonds. The van der Waals surface area contributed by atoms with E-state index < -0.39 is 0 Å². The summed E-state index contributed by atoms with van der Waals surface area (Å²) in [4.78, 5) is 31.0. The standard InChI is InChI=1S/C27H26FN3O2/c28-24-7-3-4-8-25(24)30-17-15-29(16-18-30)14-13-20-9-11-21(12-10-20)19-31-26(32)22-5-1-2-6-23(22)27(31)33/h1-12H,13-19H2. The summed E-state index contributed by atoms with van der Waals surface area (Å²) in [7, 11) is 0. The normalized spacial score (nSPS) is 16.4. The fourth-order valence-electron chi connectivity index (χ4n) is 4.58. The average Bonchev–Trinajstić information content (AvgIpc) is 3.09. The van der Waals surface area contributed by atoms with Gasteiger partial charge in [0.2, 0.25) is 0 Å². The summed E-state index contributed by atoms with van der Waals surface area (Å²) in [6.45, 7) is 4.69. The Balaban J connectivity index is 1.12. The van der Waals surface area contributed by atoms with Gasteiger partial charge in [0.25, 0.3) is 11.8 Å². The van der Waals surface area contributed by atoms with Crippen LogP contribution in [0.3, 0.4) is 0 Å². The van der Waals surface area contributed by atoms with E-state index in [2.05, 4.69) is 21.9 Å². The lowest BCUT2D eigenvalue weighted by atomic mass is 10.1. The summed E-state index contributed by atoms with van der Waals surface area (Å²) >= 11 is 0. The van der Waals surface area contributed by atoms with E-state index in [1.165, 1.54) is 16.5 Å². The minimum Gasteiger partial charge on any atom is -0.367 e. The van der Waals surface area contributed by atoms with Crippen LogP contribution >= 0.6 is 0 Å². The molecule has 0 atom stereocenters. The van der Waals surface area contributed by atoms with Crippen LogP contribution in [0.25, 0.3) is 0 Å². The van der Waals surface area contributed by atoms with E-state index in [0.29, 0.717) is 16.8 Å². The van der Waals surface area contributed by atoms with Gasteiger partial charge in [-0.3, -0.25) is 19.4 Å². The molecule has 5 rings (SSSR count). The zero-order valence-corrected chi connectivity index (χ0v) is 18.4. The third-order valence-electron chi connectivity index (χ3n) is 6.52. The Hall–Kier alpha value is -3.51. The summed E-state index contributed by atoms with van der Waals surface area (Å²) in [6, 6.07) is 22.1. The van der Waals surface area contributed by atoms with Gasteiger partial charge in [0.05, 0.1) is 23.4 Å². The topological polar surface area (TPSA) is 43.9 Å². The second-order valence-corrected chi connectivity index (χ2v) is 8.59. The molecule has 0 radical (unpaired) electrons. The molecule has 3 aromatic rings. The number of rotatable bonds is 6. The van der Waals surface area contributed by atoms with Crippen LogP contribution in [0.2, 0.25) is 0 Å². The Morgan fingerprint density at radius 3 is 1.91 bits per heavy atom. The maximum absolute atomic E-state index is 14.0. The van der Waals surface area contributed by atoms with Crippen LogP contribution < -0.4 is 4.90 Å². The number of benzene rings is 3. The Morgan fingerprint density at radius 2 is 1.27 bits per heavy atom. The lowest BCUT2D eigenvalue weighted by molar-refractivity contribution is 0.0642. The Morgan fingerprint density at radius 1 is 0.697 bits per heavy atom. The van der Waals surface area contributed by atoms with Crippen molar-refractivity contribution in [1.82, 2.24) is 9.80 Å². The molecule has 0 spiro atoms. The highest BCUT2D eigenvalue weighted by molar-refractivity contribution is 6.21. The molecule has 1 saturated heterocycles. The minimum absolute atomic E-state index is 0.160. The van der Waals surface area contributed by atoms with Gasteiger partial charge < -0.3 is 4.90 Å². The summed E-state index contributed by atoms with van der Waals surface area (Å²) in [5.41, 5.74) is 3.80. The van der Waals surface area contributed by atoms with Gasteiger partial charge in [-0.05, 0) is 41.8 Å². The summed E-state index contributed by atoms with van der Waals surface area (Å²) in [5, 5.41) is 0. The smallest absolute Gasteiger partial charge is 0.261 e. The number of para-hydroxylation sites is 1. The van der Waals surface area contributed by atoms with Crippen LogP contribution in [0.1, 0.15) is 31.8 Å². The molecule has 0 aromatic heterocycles. The van der Waals surface area contributed by atoms with Crippen LogP contribution in [-0.4, -0.2) is 54.3 Å². The third-order valence-corrected chi connectivity index (χ3v) is 6.52. The zero-order valence-electron chi connectivity index (χ0n) is 18.4. The lowest BCUT2D eigenvalue weighted by Gasteiger charge is -2.36. The van der Waals surface area contributed by atoms with Crippen molar-refractivity contribution in [2.24, 2.45) is 0 Å². The fourth-order valence-corrected chi connectivity index (χ4v) is 4.58. The molecule has 0 bridgehead atoms. The molecule has 2 heterocycles. The highest BCUT2D eigenvalue weighted by atomic mass is 19.1. The number of amides is 2. The molecule has 0 unspecified atom stereocenters. The SMILES string of the molecule is O=C1c2ccccc2C(=O)N1Cc1ccc(CCN2CCN(c3ccccc3F)CC2)cc1. The lowest BCUT2D eigenvalue weighted by Crippen LogP contribution is -2.47. The summed E-state index contributed by atoms with van der Waals surface area (Å²) in [6.07, 6.45) is 0.924. The van der Waals surface area contributed by atoms with Crippen LogP contribution in [0.15, 0.2) is 72.8 Å². The summed E-state index contributed by atoms with van der Waals surface area (Å²) in [5.74, 6) is -0.615. The van der Waals surface area contributed by atoms with E-state index >= 15 is 0 Å². The van der Waals surface area contributed by atoms with Crippen molar-refractivity contribution in [3.05, 3.63) is 101 Å². The highest BCUT2D eigenvalue weighted by Crippen LogP contribution is 2.24. The first-order chi connectivity index (χ1) is 16.1. The second kappa shape index (κ2) is 9.16. The number of carbonyl (C=O) groups is 2. The van der Waals surface area contributed by atoms with E-state index in [1.54, 1.807) is 30.3 Å². The molecule has 0 aliphatic carbocycles.